The highest BCUT2D eigenvalue weighted by Crippen LogP contribution is 2.19. The second-order valence-electron chi connectivity index (χ2n) is 8.25. The number of hydrogen-bond donors (Lipinski definition) is 5. The van der Waals surface area contributed by atoms with Gasteiger partial charge in [0, 0.05) is 17.1 Å². The summed E-state index contributed by atoms with van der Waals surface area (Å²) in [7, 11) is 0. The first-order valence-electron chi connectivity index (χ1n) is 10.8. The number of amides is 2. The van der Waals surface area contributed by atoms with Crippen molar-refractivity contribution in [2.75, 3.05) is 0 Å². The highest BCUT2D eigenvalue weighted by Gasteiger charge is 2.32. The molecule has 170 valence electrons. The van der Waals surface area contributed by atoms with Crippen molar-refractivity contribution >= 4 is 28.7 Å². The van der Waals surface area contributed by atoms with Crippen LogP contribution in [0.1, 0.15) is 46.1 Å². The molecule has 0 aliphatic heterocycles. The smallest absolute Gasteiger partial charge is 0.326 e. The molecule has 0 aliphatic rings. The van der Waals surface area contributed by atoms with E-state index in [-0.39, 0.29) is 11.8 Å². The van der Waals surface area contributed by atoms with Gasteiger partial charge in [0.15, 0.2) is 0 Å². The van der Waals surface area contributed by atoms with Gasteiger partial charge in [-0.1, -0.05) is 58.7 Å². The van der Waals surface area contributed by atoms with E-state index in [0.29, 0.717) is 19.3 Å². The largest absolute Gasteiger partial charge is 0.480 e. The molecule has 8 nitrogen and oxygen atoms in total. The second kappa shape index (κ2) is 10.9. The Balaban J connectivity index is 2.10. The summed E-state index contributed by atoms with van der Waals surface area (Å²) < 4.78 is 0. The number of nitrogens with one attached hydrogen (secondary N) is 3. The van der Waals surface area contributed by atoms with E-state index in [4.69, 9.17) is 5.73 Å². The lowest BCUT2D eigenvalue weighted by atomic mass is 9.95. The molecule has 1 aromatic heterocycles. The maximum Gasteiger partial charge on any atom is 0.326 e. The number of carboxylic acid groups (broad SMARTS) is 1. The lowest BCUT2D eigenvalue weighted by Gasteiger charge is -2.28. The van der Waals surface area contributed by atoms with E-state index in [1.54, 1.807) is 6.92 Å². The summed E-state index contributed by atoms with van der Waals surface area (Å²) in [5, 5.41) is 15.8. The number of aliphatic carboxylic acids is 1. The average molecular weight is 431 g/mol. The van der Waals surface area contributed by atoms with Crippen LogP contribution >= 0.6 is 0 Å². The standard InChI is InChI=1S/C23H34N4O4/c1-5-13(3)19(22(29)27-20(23(30)31)14(4)6-2)26-21(28)17(24)11-15-12-25-18-10-8-7-9-16(15)18/h7-10,12-14,17,19-20,25H,5-6,11,24H2,1-4H3,(H,26,28)(H,27,29)(H,30,31). The van der Waals surface area contributed by atoms with Crippen LogP contribution < -0.4 is 16.4 Å². The van der Waals surface area contributed by atoms with Crippen LogP contribution in [0.25, 0.3) is 10.9 Å². The van der Waals surface area contributed by atoms with Gasteiger partial charge in [-0.25, -0.2) is 4.79 Å². The van der Waals surface area contributed by atoms with Crippen LogP contribution in [0.3, 0.4) is 0 Å². The third kappa shape index (κ3) is 6.07. The number of aromatic nitrogens is 1. The quantitative estimate of drug-likeness (QED) is 0.372. The minimum atomic E-state index is -1.09. The zero-order valence-electron chi connectivity index (χ0n) is 18.6. The maximum absolute atomic E-state index is 12.9. The molecule has 2 amide bonds. The molecule has 1 aromatic carbocycles. The molecule has 0 bridgehead atoms. The van der Waals surface area contributed by atoms with Crippen molar-refractivity contribution in [3.8, 4) is 0 Å². The van der Waals surface area contributed by atoms with E-state index in [9.17, 15) is 19.5 Å². The van der Waals surface area contributed by atoms with E-state index in [1.807, 2.05) is 51.2 Å². The molecule has 1 heterocycles. The second-order valence-corrected chi connectivity index (χ2v) is 8.25. The summed E-state index contributed by atoms with van der Waals surface area (Å²) in [5.41, 5.74) is 8.04. The number of carbonyl (C=O) groups excluding carboxylic acids is 2. The number of para-hydroxylation sites is 1. The predicted molar refractivity (Wildman–Crippen MR) is 120 cm³/mol. The highest BCUT2D eigenvalue weighted by atomic mass is 16.4. The molecule has 0 fully saturated rings. The Hall–Kier alpha value is -2.87. The minimum absolute atomic E-state index is 0.185. The Morgan fingerprint density at radius 1 is 1.00 bits per heavy atom. The molecule has 6 N–H and O–H groups in total. The van der Waals surface area contributed by atoms with Crippen molar-refractivity contribution < 1.29 is 19.5 Å². The SMILES string of the molecule is CCC(C)C(NC(=O)C(NC(=O)C(N)Cc1c[nH]c2ccccc12)C(C)CC)C(=O)O. The number of nitrogens with two attached hydrogens (primary N) is 1. The number of rotatable bonds is 11. The molecule has 5 unspecified atom stereocenters. The summed E-state index contributed by atoms with van der Waals surface area (Å²) in [4.78, 5) is 40.4. The van der Waals surface area contributed by atoms with Gasteiger partial charge in [0.25, 0.3) is 0 Å². The fraction of sp³-hybridized carbons (Fsp3) is 0.522. The molecule has 0 radical (unpaired) electrons. The summed E-state index contributed by atoms with van der Waals surface area (Å²) in [5.74, 6) is -2.46. The lowest BCUT2D eigenvalue weighted by molar-refractivity contribution is -0.144. The number of fused-ring (bicyclic) bond motifs is 1. The van der Waals surface area contributed by atoms with E-state index in [1.165, 1.54) is 0 Å². The van der Waals surface area contributed by atoms with Gasteiger partial charge in [-0.05, 0) is 29.9 Å². The van der Waals surface area contributed by atoms with Crippen LogP contribution in [-0.4, -0.2) is 46.0 Å². The fourth-order valence-electron chi connectivity index (χ4n) is 3.52. The molecule has 8 heteroatoms. The van der Waals surface area contributed by atoms with Gasteiger partial charge in [-0.15, -0.1) is 0 Å². The molecule has 2 aromatic rings. The zero-order chi connectivity index (χ0) is 23.1. The van der Waals surface area contributed by atoms with Crippen molar-refractivity contribution in [1.82, 2.24) is 15.6 Å². The molecular formula is C23H34N4O4. The molecular weight excluding hydrogens is 396 g/mol. The monoisotopic (exact) mass is 430 g/mol. The van der Waals surface area contributed by atoms with Gasteiger partial charge in [0.05, 0.1) is 6.04 Å². The van der Waals surface area contributed by atoms with Crippen LogP contribution in [0.2, 0.25) is 0 Å². The van der Waals surface area contributed by atoms with Gasteiger partial charge in [0.2, 0.25) is 11.8 Å². The van der Waals surface area contributed by atoms with Crippen LogP contribution in [0, 0.1) is 11.8 Å². The topological polar surface area (TPSA) is 137 Å². The number of hydrogen-bond acceptors (Lipinski definition) is 4. The number of H-pyrrole nitrogens is 1. The Kier molecular flexibility index (Phi) is 8.62. The first-order chi connectivity index (χ1) is 14.7. The molecule has 0 spiro atoms. The van der Waals surface area contributed by atoms with Crippen molar-refractivity contribution in [3.63, 3.8) is 0 Å². The number of benzene rings is 1. The maximum atomic E-state index is 12.9. The van der Waals surface area contributed by atoms with Crippen LogP contribution in [0.4, 0.5) is 0 Å². The Bertz CT molecular complexity index is 910. The first kappa shape index (κ1) is 24.4. The van der Waals surface area contributed by atoms with Crippen molar-refractivity contribution in [2.45, 2.75) is 65.1 Å². The summed E-state index contributed by atoms with van der Waals surface area (Å²) in [6.45, 7) is 7.39. The third-order valence-corrected chi connectivity index (χ3v) is 6.02. The Labute approximate surface area is 183 Å². The predicted octanol–water partition coefficient (Wildman–Crippen LogP) is 2.18. The average Bonchev–Trinajstić information content (AvgIpc) is 3.16. The Morgan fingerprint density at radius 3 is 2.19 bits per heavy atom. The van der Waals surface area contributed by atoms with Gasteiger partial charge in [-0.3, -0.25) is 9.59 Å². The van der Waals surface area contributed by atoms with Gasteiger partial charge < -0.3 is 26.5 Å². The normalized spacial score (nSPS) is 16.2. The third-order valence-electron chi connectivity index (χ3n) is 6.02. The van der Waals surface area contributed by atoms with Gasteiger partial charge in [0.1, 0.15) is 12.1 Å². The molecule has 31 heavy (non-hydrogen) atoms. The Morgan fingerprint density at radius 2 is 1.58 bits per heavy atom. The van der Waals surface area contributed by atoms with Crippen LogP contribution in [0.15, 0.2) is 30.5 Å². The molecule has 2 rings (SSSR count). The highest BCUT2D eigenvalue weighted by molar-refractivity contribution is 5.92. The lowest BCUT2D eigenvalue weighted by Crippen LogP contribution is -2.57. The van der Waals surface area contributed by atoms with Crippen LogP contribution in [-0.2, 0) is 20.8 Å². The first-order valence-corrected chi connectivity index (χ1v) is 10.8. The summed E-state index contributed by atoms with van der Waals surface area (Å²) >= 11 is 0. The zero-order valence-corrected chi connectivity index (χ0v) is 18.6. The van der Waals surface area contributed by atoms with Crippen LogP contribution in [0.5, 0.6) is 0 Å². The fourth-order valence-corrected chi connectivity index (χ4v) is 3.52. The van der Waals surface area contributed by atoms with Crippen molar-refractivity contribution in [2.24, 2.45) is 17.6 Å². The molecule has 5 atom stereocenters. The number of carboxylic acids is 1. The van der Waals surface area contributed by atoms with Crippen molar-refractivity contribution in [1.29, 1.82) is 0 Å². The van der Waals surface area contributed by atoms with E-state index in [2.05, 4.69) is 15.6 Å². The molecule has 0 saturated heterocycles. The summed E-state index contributed by atoms with van der Waals surface area (Å²) in [6, 6.07) is 5.03. The molecule has 0 aliphatic carbocycles. The molecule has 0 saturated carbocycles. The van der Waals surface area contributed by atoms with Gasteiger partial charge >= 0.3 is 5.97 Å². The van der Waals surface area contributed by atoms with Crippen molar-refractivity contribution in [3.05, 3.63) is 36.0 Å². The minimum Gasteiger partial charge on any atom is -0.480 e. The number of aromatic amines is 1. The van der Waals surface area contributed by atoms with E-state index >= 15 is 0 Å². The van der Waals surface area contributed by atoms with E-state index in [0.717, 1.165) is 16.5 Å². The van der Waals surface area contributed by atoms with Gasteiger partial charge in [-0.2, -0.15) is 0 Å². The van der Waals surface area contributed by atoms with E-state index < -0.39 is 35.9 Å². The number of carbonyl (C=O) groups is 3. The summed E-state index contributed by atoms with van der Waals surface area (Å²) in [6.07, 6.45) is 3.39.